The van der Waals surface area contributed by atoms with Crippen LogP contribution in [0.4, 0.5) is 4.39 Å². The van der Waals surface area contributed by atoms with E-state index in [1.165, 1.54) is 11.6 Å². The number of nitrogens with zero attached hydrogens (tertiary/aromatic N) is 4. The molecule has 1 amide bonds. The summed E-state index contributed by atoms with van der Waals surface area (Å²) in [7, 11) is 0. The second kappa shape index (κ2) is 7.09. The maximum Gasteiger partial charge on any atom is 0.254 e. The Morgan fingerprint density at radius 1 is 1.23 bits per heavy atom. The van der Waals surface area contributed by atoms with Crippen molar-refractivity contribution < 1.29 is 9.18 Å². The van der Waals surface area contributed by atoms with Crippen molar-refractivity contribution in [3.63, 3.8) is 0 Å². The summed E-state index contributed by atoms with van der Waals surface area (Å²) in [5.74, 6) is -0.0498. The lowest BCUT2D eigenvalue weighted by Crippen LogP contribution is -2.26. The van der Waals surface area contributed by atoms with Gasteiger partial charge in [-0.05, 0) is 61.1 Å². The molecule has 3 aromatic heterocycles. The van der Waals surface area contributed by atoms with Crippen LogP contribution in [0.2, 0.25) is 0 Å². The molecule has 1 fully saturated rings. The first-order valence-corrected chi connectivity index (χ1v) is 10.2. The summed E-state index contributed by atoms with van der Waals surface area (Å²) < 4.78 is 18.2. The van der Waals surface area contributed by atoms with Crippen molar-refractivity contribution in [3.05, 3.63) is 71.6 Å². The number of imidazole rings is 1. The average Bonchev–Trinajstić information content (AvgIpc) is 3.25. The SMILES string of the molecule is CCc1ccc2ncc(-n3cc(-c4cc(C(=O)NC5CC5)c(F)cc4C)cn3)n2c1. The molecule has 4 aromatic rings. The highest BCUT2D eigenvalue weighted by molar-refractivity contribution is 5.96. The summed E-state index contributed by atoms with van der Waals surface area (Å²) in [5.41, 5.74) is 4.46. The summed E-state index contributed by atoms with van der Waals surface area (Å²) in [5, 5.41) is 7.35. The van der Waals surface area contributed by atoms with Gasteiger partial charge in [-0.15, -0.1) is 0 Å². The lowest BCUT2D eigenvalue weighted by atomic mass is 9.99. The fraction of sp³-hybridized carbons (Fsp3) is 0.261. The third kappa shape index (κ3) is 3.26. The summed E-state index contributed by atoms with van der Waals surface area (Å²) >= 11 is 0. The van der Waals surface area contributed by atoms with E-state index in [1.807, 2.05) is 23.6 Å². The molecule has 0 unspecified atom stereocenters. The molecule has 0 bridgehead atoms. The van der Waals surface area contributed by atoms with Gasteiger partial charge in [0.1, 0.15) is 11.5 Å². The van der Waals surface area contributed by atoms with E-state index < -0.39 is 5.82 Å². The summed E-state index contributed by atoms with van der Waals surface area (Å²) in [6, 6.07) is 7.26. The van der Waals surface area contributed by atoms with Crippen LogP contribution >= 0.6 is 0 Å². The first-order chi connectivity index (χ1) is 14.5. The molecular weight excluding hydrogens is 381 g/mol. The van der Waals surface area contributed by atoms with Crippen molar-refractivity contribution in [1.82, 2.24) is 24.5 Å². The molecule has 7 heteroatoms. The Hall–Kier alpha value is -3.48. The average molecular weight is 403 g/mol. The van der Waals surface area contributed by atoms with Gasteiger partial charge in [-0.25, -0.2) is 14.1 Å². The molecule has 0 saturated heterocycles. The Kier molecular flexibility index (Phi) is 4.38. The van der Waals surface area contributed by atoms with E-state index in [2.05, 4.69) is 34.6 Å². The second-order valence-electron chi connectivity index (χ2n) is 7.80. The van der Waals surface area contributed by atoms with Crippen LogP contribution in [0.5, 0.6) is 0 Å². The van der Waals surface area contributed by atoms with Gasteiger partial charge in [0.15, 0.2) is 5.82 Å². The molecule has 3 heterocycles. The minimum absolute atomic E-state index is 0.0673. The standard InChI is InChI=1S/C23H22FN5O/c1-3-15-4-7-21-25-11-22(28(21)12-15)29-13-16(10-26-29)18-9-19(20(24)8-14(18)2)23(30)27-17-5-6-17/h4,7-13,17H,3,5-6H2,1-2H3,(H,27,30). The largest absolute Gasteiger partial charge is 0.349 e. The van der Waals surface area contributed by atoms with Gasteiger partial charge in [-0.1, -0.05) is 13.0 Å². The number of carbonyl (C=O) groups excluding carboxylic acids is 1. The first-order valence-electron chi connectivity index (χ1n) is 10.2. The molecule has 5 rings (SSSR count). The van der Waals surface area contributed by atoms with E-state index in [4.69, 9.17) is 0 Å². The van der Waals surface area contributed by atoms with E-state index in [0.717, 1.165) is 47.4 Å². The molecular formula is C23H22FN5O. The van der Waals surface area contributed by atoms with Crippen molar-refractivity contribution in [2.45, 2.75) is 39.2 Å². The van der Waals surface area contributed by atoms with Gasteiger partial charge >= 0.3 is 0 Å². The number of hydrogen-bond acceptors (Lipinski definition) is 3. The predicted octanol–water partition coefficient (Wildman–Crippen LogP) is 4.09. The zero-order chi connectivity index (χ0) is 20.8. The Bertz CT molecular complexity index is 1270. The molecule has 1 aliphatic carbocycles. The van der Waals surface area contributed by atoms with Gasteiger partial charge in [0.2, 0.25) is 0 Å². The van der Waals surface area contributed by atoms with Crippen molar-refractivity contribution in [3.8, 4) is 16.9 Å². The molecule has 0 radical (unpaired) electrons. The predicted molar refractivity (Wildman–Crippen MR) is 112 cm³/mol. The lowest BCUT2D eigenvalue weighted by Gasteiger charge is -2.09. The van der Waals surface area contributed by atoms with Crippen LogP contribution in [0.25, 0.3) is 22.6 Å². The quantitative estimate of drug-likeness (QED) is 0.546. The number of pyridine rings is 1. The van der Waals surface area contributed by atoms with E-state index in [1.54, 1.807) is 23.1 Å². The van der Waals surface area contributed by atoms with Crippen molar-refractivity contribution in [2.24, 2.45) is 0 Å². The number of benzene rings is 1. The Balaban J connectivity index is 1.53. The normalized spacial score (nSPS) is 13.7. The number of aryl methyl sites for hydroxylation is 2. The van der Waals surface area contributed by atoms with Crippen LogP contribution in [0.1, 0.15) is 41.3 Å². The minimum atomic E-state index is -0.504. The molecule has 0 spiro atoms. The fourth-order valence-electron chi connectivity index (χ4n) is 3.63. The van der Waals surface area contributed by atoms with Crippen LogP contribution in [-0.4, -0.2) is 31.1 Å². The van der Waals surface area contributed by atoms with E-state index >= 15 is 0 Å². The van der Waals surface area contributed by atoms with Crippen molar-refractivity contribution >= 4 is 11.6 Å². The minimum Gasteiger partial charge on any atom is -0.349 e. The van der Waals surface area contributed by atoms with Gasteiger partial charge in [0.05, 0.1) is 18.0 Å². The molecule has 0 aliphatic heterocycles. The van der Waals surface area contributed by atoms with E-state index in [-0.39, 0.29) is 17.5 Å². The molecule has 152 valence electrons. The maximum absolute atomic E-state index is 14.4. The van der Waals surface area contributed by atoms with Crippen molar-refractivity contribution in [1.29, 1.82) is 0 Å². The number of rotatable bonds is 5. The third-order valence-electron chi connectivity index (χ3n) is 5.56. The van der Waals surface area contributed by atoms with Crippen LogP contribution in [0.15, 0.2) is 49.1 Å². The smallest absolute Gasteiger partial charge is 0.254 e. The van der Waals surface area contributed by atoms with E-state index in [9.17, 15) is 9.18 Å². The fourth-order valence-corrected chi connectivity index (χ4v) is 3.63. The highest BCUT2D eigenvalue weighted by Gasteiger charge is 2.25. The number of hydrogen-bond donors (Lipinski definition) is 1. The number of aromatic nitrogens is 4. The number of carbonyl (C=O) groups is 1. The number of halogens is 1. The van der Waals surface area contributed by atoms with Crippen molar-refractivity contribution in [2.75, 3.05) is 0 Å². The molecule has 1 aliphatic rings. The van der Waals surface area contributed by atoms with Gasteiger partial charge < -0.3 is 5.32 Å². The topological polar surface area (TPSA) is 64.2 Å². The summed E-state index contributed by atoms with van der Waals surface area (Å²) in [6.07, 6.45) is 10.3. The third-order valence-corrected chi connectivity index (χ3v) is 5.56. The first kappa shape index (κ1) is 18.5. The molecule has 30 heavy (non-hydrogen) atoms. The van der Waals surface area contributed by atoms with Gasteiger partial charge in [0, 0.05) is 24.0 Å². The summed E-state index contributed by atoms with van der Waals surface area (Å²) in [6.45, 7) is 3.94. The number of amides is 1. The molecule has 1 aromatic carbocycles. The molecule has 6 nitrogen and oxygen atoms in total. The summed E-state index contributed by atoms with van der Waals surface area (Å²) in [4.78, 5) is 16.9. The Morgan fingerprint density at radius 2 is 2.07 bits per heavy atom. The molecule has 0 atom stereocenters. The van der Waals surface area contributed by atoms with Crippen LogP contribution in [0.3, 0.4) is 0 Å². The number of nitrogens with one attached hydrogen (secondary N) is 1. The Morgan fingerprint density at radius 3 is 2.83 bits per heavy atom. The number of fused-ring (bicyclic) bond motifs is 1. The maximum atomic E-state index is 14.4. The van der Waals surface area contributed by atoms with Crippen LogP contribution in [0, 0.1) is 12.7 Å². The highest BCUT2D eigenvalue weighted by Crippen LogP contribution is 2.28. The zero-order valence-corrected chi connectivity index (χ0v) is 16.9. The highest BCUT2D eigenvalue weighted by atomic mass is 19.1. The lowest BCUT2D eigenvalue weighted by molar-refractivity contribution is 0.0947. The van der Waals surface area contributed by atoms with Crippen LogP contribution in [-0.2, 0) is 6.42 Å². The second-order valence-corrected chi connectivity index (χ2v) is 7.80. The van der Waals surface area contributed by atoms with Gasteiger partial charge in [-0.3, -0.25) is 9.20 Å². The van der Waals surface area contributed by atoms with Crippen LogP contribution < -0.4 is 5.32 Å². The zero-order valence-electron chi connectivity index (χ0n) is 16.9. The monoisotopic (exact) mass is 403 g/mol. The molecule has 1 N–H and O–H groups in total. The Labute approximate surface area is 173 Å². The molecule has 1 saturated carbocycles. The van der Waals surface area contributed by atoms with Gasteiger partial charge in [-0.2, -0.15) is 5.10 Å². The van der Waals surface area contributed by atoms with E-state index in [0.29, 0.717) is 0 Å². The van der Waals surface area contributed by atoms with Gasteiger partial charge in [0.25, 0.3) is 5.91 Å².